The number of ether oxygens (including phenoxy) is 3. The van der Waals surface area contributed by atoms with Crippen LogP contribution in [0.15, 0.2) is 18.2 Å². The summed E-state index contributed by atoms with van der Waals surface area (Å²) in [5.74, 6) is -0.640. The summed E-state index contributed by atoms with van der Waals surface area (Å²) in [6.45, 7) is 8.43. The first-order valence-electron chi connectivity index (χ1n) is 14.4. The fourth-order valence-electron chi connectivity index (χ4n) is 5.77. The van der Waals surface area contributed by atoms with Crippen molar-refractivity contribution in [3.05, 3.63) is 52.0 Å². The minimum absolute atomic E-state index is 0.0492. The predicted molar refractivity (Wildman–Crippen MR) is 153 cm³/mol. The number of benzene rings is 1. The summed E-state index contributed by atoms with van der Waals surface area (Å²) in [6, 6.07) is 4.21. The van der Waals surface area contributed by atoms with E-state index in [2.05, 4.69) is 18.3 Å². The van der Waals surface area contributed by atoms with Gasteiger partial charge in [-0.25, -0.2) is 9.37 Å². The van der Waals surface area contributed by atoms with Crippen molar-refractivity contribution in [1.82, 2.24) is 9.88 Å². The Balaban J connectivity index is 1.29. The van der Waals surface area contributed by atoms with Gasteiger partial charge < -0.3 is 24.6 Å². The average molecular weight is 558 g/mol. The van der Waals surface area contributed by atoms with Gasteiger partial charge in [-0.05, 0) is 94.2 Å². The van der Waals surface area contributed by atoms with Crippen LogP contribution >= 0.6 is 0 Å². The van der Waals surface area contributed by atoms with Crippen LogP contribution in [0.1, 0.15) is 79.9 Å². The summed E-state index contributed by atoms with van der Waals surface area (Å²) in [5.41, 5.74) is 3.88. The van der Waals surface area contributed by atoms with Gasteiger partial charge in [-0.1, -0.05) is 6.42 Å². The number of hydrogen-bond acceptors (Lipinski definition) is 7. The number of rotatable bonds is 13. The molecule has 0 bridgehead atoms. The van der Waals surface area contributed by atoms with Gasteiger partial charge in [-0.2, -0.15) is 0 Å². The van der Waals surface area contributed by atoms with Crippen LogP contribution in [-0.4, -0.2) is 67.5 Å². The van der Waals surface area contributed by atoms with E-state index in [1.807, 2.05) is 18.7 Å². The normalized spacial score (nSPS) is 18.3. The van der Waals surface area contributed by atoms with E-state index in [-0.39, 0.29) is 17.4 Å². The van der Waals surface area contributed by atoms with Crippen molar-refractivity contribution in [2.75, 3.05) is 45.8 Å². The number of carbonyl (C=O) groups is 1. The number of aromatic nitrogens is 1. The second-order valence-electron chi connectivity index (χ2n) is 11.4. The van der Waals surface area contributed by atoms with Crippen molar-refractivity contribution in [3.63, 3.8) is 0 Å². The van der Waals surface area contributed by atoms with Crippen LogP contribution in [0.4, 0.5) is 10.2 Å². The highest BCUT2D eigenvalue weighted by Gasteiger charge is 2.37. The molecule has 1 aromatic heterocycles. The number of anilines is 1. The zero-order valence-electron chi connectivity index (χ0n) is 24.5. The number of hydrogen-bond donors (Lipinski definition) is 2. The van der Waals surface area contributed by atoms with Crippen LogP contribution < -0.4 is 10.1 Å². The number of pyridine rings is 1. The number of carboxylic acid groups (broad SMARTS) is 1. The molecule has 0 unspecified atom stereocenters. The van der Waals surface area contributed by atoms with E-state index in [0.717, 1.165) is 63.0 Å². The maximum absolute atomic E-state index is 15.0. The zero-order valence-corrected chi connectivity index (χ0v) is 24.5. The van der Waals surface area contributed by atoms with Gasteiger partial charge in [0.15, 0.2) is 11.6 Å². The Hall–Kier alpha value is -2.75. The lowest BCUT2D eigenvalue weighted by Gasteiger charge is -2.29. The second-order valence-corrected chi connectivity index (χ2v) is 11.4. The standard InChI is InChI=1S/C31H44FN3O5/c1-20-16-22(34-29-24(20)11-9-13-33-29)10-7-6-8-15-40-23-12-14-35(19-23)27(30(36)37)25-17-21(31(2,3)39-5)18-26(32)28(25)38-4/h16-18,23,27H,6-15,19H2,1-5H3,(H,33,34)(H,36,37)/t23-,27-/m1/s1. The van der Waals surface area contributed by atoms with E-state index < -0.39 is 23.4 Å². The SMILES string of the molecule is COc1c(F)cc(C(C)(C)OC)cc1[C@H](C(=O)O)N1CC[C@@H](OCCCCCc2cc(C)c3c(n2)NCCC3)C1. The maximum Gasteiger partial charge on any atom is 0.325 e. The molecule has 2 aliphatic rings. The van der Waals surface area contributed by atoms with Gasteiger partial charge in [0, 0.05) is 44.6 Å². The number of fused-ring (bicyclic) bond motifs is 1. The molecule has 3 heterocycles. The highest BCUT2D eigenvalue weighted by molar-refractivity contribution is 5.77. The molecule has 9 heteroatoms. The molecule has 1 saturated heterocycles. The Morgan fingerprint density at radius 2 is 2.05 bits per heavy atom. The molecule has 4 rings (SSSR count). The highest BCUT2D eigenvalue weighted by atomic mass is 19.1. The van der Waals surface area contributed by atoms with Crippen LogP contribution in [0.2, 0.25) is 0 Å². The molecule has 0 aliphatic carbocycles. The van der Waals surface area contributed by atoms with Crippen molar-refractivity contribution in [2.24, 2.45) is 0 Å². The van der Waals surface area contributed by atoms with E-state index in [4.69, 9.17) is 19.2 Å². The molecular weight excluding hydrogens is 513 g/mol. The Bertz CT molecular complexity index is 1190. The fraction of sp³-hybridized carbons (Fsp3) is 0.613. The number of aliphatic carboxylic acids is 1. The van der Waals surface area contributed by atoms with E-state index in [1.165, 1.54) is 24.3 Å². The Morgan fingerprint density at radius 3 is 2.77 bits per heavy atom. The fourth-order valence-corrected chi connectivity index (χ4v) is 5.77. The van der Waals surface area contributed by atoms with E-state index in [1.54, 1.807) is 13.2 Å². The number of nitrogens with one attached hydrogen (secondary N) is 1. The lowest BCUT2D eigenvalue weighted by molar-refractivity contribution is -0.143. The van der Waals surface area contributed by atoms with Gasteiger partial charge in [0.1, 0.15) is 11.9 Å². The predicted octanol–water partition coefficient (Wildman–Crippen LogP) is 5.41. The molecule has 2 aliphatic heterocycles. The summed E-state index contributed by atoms with van der Waals surface area (Å²) in [7, 11) is 2.90. The van der Waals surface area contributed by atoms with E-state index in [9.17, 15) is 9.90 Å². The van der Waals surface area contributed by atoms with Gasteiger partial charge in [0.25, 0.3) is 0 Å². The summed E-state index contributed by atoms with van der Waals surface area (Å²) in [4.78, 5) is 19.1. The molecular formula is C31H44FN3O5. The van der Waals surface area contributed by atoms with Gasteiger partial charge >= 0.3 is 5.97 Å². The minimum Gasteiger partial charge on any atom is -0.493 e. The third-order valence-corrected chi connectivity index (χ3v) is 8.28. The Labute approximate surface area is 237 Å². The van der Waals surface area contributed by atoms with Crippen molar-refractivity contribution in [1.29, 1.82) is 0 Å². The average Bonchev–Trinajstić information content (AvgIpc) is 3.38. The van der Waals surface area contributed by atoms with Crippen LogP contribution in [0.3, 0.4) is 0 Å². The Morgan fingerprint density at radius 1 is 1.25 bits per heavy atom. The number of nitrogens with zero attached hydrogens (tertiary/aromatic N) is 2. The largest absolute Gasteiger partial charge is 0.493 e. The zero-order chi connectivity index (χ0) is 28.9. The molecule has 1 fully saturated rings. The molecule has 2 atom stereocenters. The quantitative estimate of drug-likeness (QED) is 0.316. The van der Waals surface area contributed by atoms with Gasteiger partial charge in [-0.15, -0.1) is 0 Å². The Kier molecular flexibility index (Phi) is 10.0. The summed E-state index contributed by atoms with van der Waals surface area (Å²) in [5, 5.41) is 13.6. The molecule has 220 valence electrons. The molecule has 0 radical (unpaired) electrons. The molecule has 40 heavy (non-hydrogen) atoms. The third kappa shape index (κ3) is 6.93. The summed E-state index contributed by atoms with van der Waals surface area (Å²) >= 11 is 0. The van der Waals surface area contributed by atoms with E-state index >= 15 is 4.39 Å². The van der Waals surface area contributed by atoms with Crippen molar-refractivity contribution < 1.29 is 28.5 Å². The van der Waals surface area contributed by atoms with Crippen molar-refractivity contribution in [2.45, 2.75) is 83.5 Å². The van der Waals surface area contributed by atoms with Crippen molar-refractivity contribution in [3.8, 4) is 5.75 Å². The highest BCUT2D eigenvalue weighted by Crippen LogP contribution is 2.38. The number of aryl methyl sites for hydroxylation is 2. The number of halogens is 1. The van der Waals surface area contributed by atoms with Gasteiger partial charge in [0.05, 0.1) is 18.8 Å². The van der Waals surface area contributed by atoms with Crippen LogP contribution in [-0.2, 0) is 32.7 Å². The van der Waals surface area contributed by atoms with Crippen LogP contribution in [0, 0.1) is 12.7 Å². The molecule has 0 saturated carbocycles. The number of methoxy groups -OCH3 is 2. The topological polar surface area (TPSA) is 93.2 Å². The molecule has 0 amide bonds. The lowest BCUT2D eigenvalue weighted by atomic mass is 9.92. The third-order valence-electron chi connectivity index (χ3n) is 8.28. The first-order chi connectivity index (χ1) is 19.1. The van der Waals surface area contributed by atoms with E-state index in [0.29, 0.717) is 25.3 Å². The second kappa shape index (κ2) is 13.3. The summed E-state index contributed by atoms with van der Waals surface area (Å²) in [6.07, 6.45) is 6.91. The number of unbranched alkanes of at least 4 members (excludes halogenated alkanes) is 2. The monoisotopic (exact) mass is 557 g/mol. The van der Waals surface area contributed by atoms with Gasteiger partial charge in [0.2, 0.25) is 0 Å². The first kappa shape index (κ1) is 30.2. The molecule has 2 aromatic rings. The van der Waals surface area contributed by atoms with Gasteiger partial charge in [-0.3, -0.25) is 9.69 Å². The lowest BCUT2D eigenvalue weighted by Crippen LogP contribution is -2.34. The smallest absolute Gasteiger partial charge is 0.325 e. The molecule has 8 nitrogen and oxygen atoms in total. The first-order valence-corrected chi connectivity index (χ1v) is 14.4. The molecule has 1 aromatic carbocycles. The van der Waals surface area contributed by atoms with Crippen molar-refractivity contribution >= 4 is 11.8 Å². The maximum atomic E-state index is 15.0. The molecule has 2 N–H and O–H groups in total. The number of likely N-dealkylation sites (tertiary alicyclic amines) is 1. The van der Waals surface area contributed by atoms with Crippen LogP contribution in [0.5, 0.6) is 5.75 Å². The summed E-state index contributed by atoms with van der Waals surface area (Å²) < 4.78 is 32.0. The minimum atomic E-state index is -1.05. The number of carboxylic acids is 1. The van der Waals surface area contributed by atoms with Crippen LogP contribution in [0.25, 0.3) is 0 Å². The molecule has 0 spiro atoms.